The van der Waals surface area contributed by atoms with Gasteiger partial charge in [-0.25, -0.2) is 0 Å². The first-order valence-electron chi connectivity index (χ1n) is 7.00. The molecule has 0 unspecified atom stereocenters. The maximum absolute atomic E-state index is 12.2. The molecule has 1 N–H and O–H groups in total. The molecule has 0 atom stereocenters. The Morgan fingerprint density at radius 2 is 2.05 bits per heavy atom. The van der Waals surface area contributed by atoms with Gasteiger partial charge >= 0.3 is 0 Å². The van der Waals surface area contributed by atoms with Gasteiger partial charge in [0.05, 0.1) is 25.1 Å². The molecule has 1 saturated heterocycles. The van der Waals surface area contributed by atoms with Crippen LogP contribution in [0.15, 0.2) is 18.2 Å². The zero-order chi connectivity index (χ0) is 14.0. The van der Waals surface area contributed by atoms with E-state index in [1.807, 2.05) is 13.8 Å². The molecule has 0 saturated carbocycles. The Morgan fingerprint density at radius 1 is 1.37 bits per heavy atom. The van der Waals surface area contributed by atoms with Crippen molar-refractivity contribution in [3.63, 3.8) is 0 Å². The third-order valence-electron chi connectivity index (χ3n) is 3.88. The second kappa shape index (κ2) is 5.33. The monoisotopic (exact) mass is 261 g/mol. The number of hydrogen-bond acceptors (Lipinski definition) is 2. The van der Waals surface area contributed by atoms with E-state index >= 15 is 0 Å². The molecule has 1 fully saturated rings. The van der Waals surface area contributed by atoms with E-state index in [1.165, 1.54) is 5.56 Å². The Labute approximate surface area is 115 Å². The van der Waals surface area contributed by atoms with Crippen LogP contribution in [0.3, 0.4) is 0 Å². The van der Waals surface area contributed by atoms with Gasteiger partial charge in [-0.2, -0.15) is 0 Å². The van der Waals surface area contributed by atoms with Gasteiger partial charge in [0, 0.05) is 0 Å². The molecule has 3 heteroatoms. The summed E-state index contributed by atoms with van der Waals surface area (Å²) >= 11 is 0. The second-order valence-corrected chi connectivity index (χ2v) is 5.83. The lowest BCUT2D eigenvalue weighted by molar-refractivity contribution is -0.155. The van der Waals surface area contributed by atoms with Crippen LogP contribution in [0.25, 0.3) is 0 Å². The molecular weight excluding hydrogens is 238 g/mol. The molecule has 0 spiro atoms. The number of nitrogens with zero attached hydrogens (tertiary/aromatic N) is 1. The smallest absolute Gasteiger partial charge is 0.227 e. The Bertz CT molecular complexity index is 476. The standard InChI is InChI=1S/C16H23NO2/c1-4-7-16(19)10-17(11-16)15(18)9-14-8-12(2)5-6-13(14)3/h5-6,8,19H,4,7,9-11H2,1-3H3. The van der Waals surface area contributed by atoms with E-state index in [9.17, 15) is 9.90 Å². The summed E-state index contributed by atoms with van der Waals surface area (Å²) in [6, 6.07) is 6.19. The van der Waals surface area contributed by atoms with Crippen molar-refractivity contribution in [2.45, 2.75) is 45.6 Å². The number of hydrogen-bond donors (Lipinski definition) is 1. The number of aryl methyl sites for hydroxylation is 2. The van der Waals surface area contributed by atoms with Crippen LogP contribution in [0, 0.1) is 13.8 Å². The van der Waals surface area contributed by atoms with Gasteiger partial charge < -0.3 is 10.0 Å². The quantitative estimate of drug-likeness (QED) is 0.903. The zero-order valence-corrected chi connectivity index (χ0v) is 12.1. The highest BCUT2D eigenvalue weighted by molar-refractivity contribution is 5.80. The van der Waals surface area contributed by atoms with Crippen molar-refractivity contribution >= 4 is 5.91 Å². The normalized spacial score (nSPS) is 17.2. The van der Waals surface area contributed by atoms with Gasteiger partial charge in [0.1, 0.15) is 0 Å². The van der Waals surface area contributed by atoms with Crippen LogP contribution in [0.1, 0.15) is 36.5 Å². The lowest BCUT2D eigenvalue weighted by Gasteiger charge is -2.46. The highest BCUT2D eigenvalue weighted by atomic mass is 16.3. The number of amides is 1. The van der Waals surface area contributed by atoms with Crippen LogP contribution < -0.4 is 0 Å². The van der Waals surface area contributed by atoms with Gasteiger partial charge in [-0.3, -0.25) is 4.79 Å². The fourth-order valence-corrected chi connectivity index (χ4v) is 2.73. The average Bonchev–Trinajstić information content (AvgIpc) is 2.31. The SMILES string of the molecule is CCCC1(O)CN(C(=O)Cc2cc(C)ccc2C)C1. The third kappa shape index (κ3) is 3.16. The fraction of sp³-hybridized carbons (Fsp3) is 0.562. The maximum Gasteiger partial charge on any atom is 0.227 e. The molecule has 1 aromatic carbocycles. The lowest BCUT2D eigenvalue weighted by atomic mass is 9.88. The van der Waals surface area contributed by atoms with Crippen LogP contribution in [0.2, 0.25) is 0 Å². The third-order valence-corrected chi connectivity index (χ3v) is 3.88. The van der Waals surface area contributed by atoms with E-state index in [0.29, 0.717) is 19.5 Å². The van der Waals surface area contributed by atoms with Gasteiger partial charge in [0.15, 0.2) is 0 Å². The van der Waals surface area contributed by atoms with Gasteiger partial charge in [-0.1, -0.05) is 37.1 Å². The van der Waals surface area contributed by atoms with E-state index in [0.717, 1.165) is 24.0 Å². The summed E-state index contributed by atoms with van der Waals surface area (Å²) in [5.41, 5.74) is 2.80. The topological polar surface area (TPSA) is 40.5 Å². The van der Waals surface area contributed by atoms with Gasteiger partial charge in [-0.05, 0) is 31.4 Å². The second-order valence-electron chi connectivity index (χ2n) is 5.83. The first kappa shape index (κ1) is 14.1. The van der Waals surface area contributed by atoms with Crippen LogP contribution in [-0.2, 0) is 11.2 Å². The van der Waals surface area contributed by atoms with Crippen molar-refractivity contribution in [2.24, 2.45) is 0 Å². The molecule has 0 aromatic heterocycles. The van der Waals surface area contributed by atoms with Crippen molar-refractivity contribution in [1.29, 1.82) is 0 Å². The lowest BCUT2D eigenvalue weighted by Crippen LogP contribution is -2.63. The summed E-state index contributed by atoms with van der Waals surface area (Å²) in [6.07, 6.45) is 2.17. The molecule has 1 amide bonds. The van der Waals surface area contributed by atoms with E-state index in [1.54, 1.807) is 4.90 Å². The predicted molar refractivity (Wildman–Crippen MR) is 76.1 cm³/mol. The van der Waals surface area contributed by atoms with E-state index < -0.39 is 5.60 Å². The van der Waals surface area contributed by atoms with Crippen molar-refractivity contribution in [2.75, 3.05) is 13.1 Å². The number of rotatable bonds is 4. The Balaban J connectivity index is 1.94. The number of aliphatic hydroxyl groups is 1. The molecule has 19 heavy (non-hydrogen) atoms. The van der Waals surface area contributed by atoms with Crippen LogP contribution in [0.4, 0.5) is 0 Å². The summed E-state index contributed by atoms with van der Waals surface area (Å²) in [6.45, 7) is 7.11. The molecule has 3 nitrogen and oxygen atoms in total. The molecule has 0 radical (unpaired) electrons. The van der Waals surface area contributed by atoms with Crippen LogP contribution >= 0.6 is 0 Å². The molecule has 1 heterocycles. The van der Waals surface area contributed by atoms with Crippen molar-refractivity contribution in [1.82, 2.24) is 4.90 Å². The Morgan fingerprint density at radius 3 is 2.68 bits per heavy atom. The molecule has 0 aliphatic carbocycles. The Kier molecular flexibility index (Phi) is 3.95. The van der Waals surface area contributed by atoms with Crippen molar-refractivity contribution < 1.29 is 9.90 Å². The molecule has 104 valence electrons. The maximum atomic E-state index is 12.2. The van der Waals surface area contributed by atoms with E-state index in [-0.39, 0.29) is 5.91 Å². The summed E-state index contributed by atoms with van der Waals surface area (Å²) in [4.78, 5) is 13.9. The minimum Gasteiger partial charge on any atom is -0.386 e. The summed E-state index contributed by atoms with van der Waals surface area (Å²) in [5, 5.41) is 10.1. The first-order chi connectivity index (χ1) is 8.93. The van der Waals surface area contributed by atoms with Gasteiger partial charge in [0.25, 0.3) is 0 Å². The van der Waals surface area contributed by atoms with Crippen molar-refractivity contribution in [3.8, 4) is 0 Å². The summed E-state index contributed by atoms with van der Waals surface area (Å²) in [5.74, 6) is 0.120. The van der Waals surface area contributed by atoms with Gasteiger partial charge in [-0.15, -0.1) is 0 Å². The Hall–Kier alpha value is -1.35. The highest BCUT2D eigenvalue weighted by Crippen LogP contribution is 2.26. The first-order valence-corrected chi connectivity index (χ1v) is 7.00. The van der Waals surface area contributed by atoms with E-state index in [2.05, 4.69) is 25.1 Å². The minimum absolute atomic E-state index is 0.120. The summed E-state index contributed by atoms with van der Waals surface area (Å²) < 4.78 is 0. The highest BCUT2D eigenvalue weighted by Gasteiger charge is 2.42. The average molecular weight is 261 g/mol. The molecule has 1 aliphatic heterocycles. The zero-order valence-electron chi connectivity index (χ0n) is 12.1. The fourth-order valence-electron chi connectivity index (χ4n) is 2.73. The van der Waals surface area contributed by atoms with Crippen LogP contribution in [-0.4, -0.2) is 34.6 Å². The molecule has 1 aromatic rings. The number of carbonyl (C=O) groups excluding carboxylic acids is 1. The largest absolute Gasteiger partial charge is 0.386 e. The predicted octanol–water partition coefficient (Wildman–Crippen LogP) is 2.22. The molecule has 2 rings (SSSR count). The molecular formula is C16H23NO2. The number of β-amino-alcohol motifs (C(OH)–C–C–N with tert-alkyl or cyclic N) is 1. The summed E-state index contributed by atoms with van der Waals surface area (Å²) in [7, 11) is 0. The van der Waals surface area contributed by atoms with Crippen molar-refractivity contribution in [3.05, 3.63) is 34.9 Å². The molecule has 1 aliphatic rings. The van der Waals surface area contributed by atoms with Gasteiger partial charge in [0.2, 0.25) is 5.91 Å². The minimum atomic E-state index is -0.633. The number of likely N-dealkylation sites (tertiary alicyclic amines) is 1. The number of carbonyl (C=O) groups is 1. The molecule has 0 bridgehead atoms. The van der Waals surface area contributed by atoms with Crippen LogP contribution in [0.5, 0.6) is 0 Å². The number of benzene rings is 1. The van der Waals surface area contributed by atoms with E-state index in [4.69, 9.17) is 0 Å².